The van der Waals surface area contributed by atoms with Crippen molar-refractivity contribution in [3.05, 3.63) is 65.2 Å². The Balaban J connectivity index is 1.72. The van der Waals surface area contributed by atoms with Crippen LogP contribution < -0.4 is 10.6 Å². The molecule has 2 atom stereocenters. The van der Waals surface area contributed by atoms with E-state index in [1.807, 2.05) is 55.5 Å². The number of hydrogen-bond donors (Lipinski definition) is 3. The highest BCUT2D eigenvalue weighted by Crippen LogP contribution is 2.31. The van der Waals surface area contributed by atoms with Gasteiger partial charge in [0.15, 0.2) is 0 Å². The maximum absolute atomic E-state index is 12.1. The Morgan fingerprint density at radius 2 is 1.86 bits per heavy atom. The number of benzene rings is 2. The van der Waals surface area contributed by atoms with Gasteiger partial charge in [0, 0.05) is 12.1 Å². The molecule has 108 valence electrons. The zero-order chi connectivity index (χ0) is 14.8. The summed E-state index contributed by atoms with van der Waals surface area (Å²) in [6, 6.07) is 14.7. The number of urea groups is 1. The summed E-state index contributed by atoms with van der Waals surface area (Å²) in [5, 5.41) is 15.8. The summed E-state index contributed by atoms with van der Waals surface area (Å²) in [5.74, 6) is 0. The van der Waals surface area contributed by atoms with E-state index in [-0.39, 0.29) is 12.1 Å². The monoisotopic (exact) mass is 282 g/mol. The van der Waals surface area contributed by atoms with Crippen LogP contribution in [0.2, 0.25) is 0 Å². The number of anilines is 1. The molecule has 1 aliphatic rings. The fourth-order valence-electron chi connectivity index (χ4n) is 2.76. The second-order valence-corrected chi connectivity index (χ2v) is 5.36. The van der Waals surface area contributed by atoms with E-state index in [4.69, 9.17) is 0 Å². The van der Waals surface area contributed by atoms with Crippen molar-refractivity contribution < 1.29 is 9.90 Å². The lowest BCUT2D eigenvalue weighted by Gasteiger charge is -2.19. The van der Waals surface area contributed by atoms with Crippen LogP contribution in [0.4, 0.5) is 10.5 Å². The molecule has 2 aromatic carbocycles. The molecule has 1 aliphatic carbocycles. The molecule has 0 bridgehead atoms. The molecule has 0 unspecified atom stereocenters. The van der Waals surface area contributed by atoms with E-state index in [1.165, 1.54) is 0 Å². The molecule has 3 N–H and O–H groups in total. The van der Waals surface area contributed by atoms with Crippen LogP contribution >= 0.6 is 0 Å². The predicted molar refractivity (Wildman–Crippen MR) is 82.2 cm³/mol. The van der Waals surface area contributed by atoms with Crippen molar-refractivity contribution in [3.63, 3.8) is 0 Å². The summed E-state index contributed by atoms with van der Waals surface area (Å²) in [6.45, 7) is 1.94. The predicted octanol–water partition coefficient (Wildman–Crippen LogP) is 2.77. The molecule has 4 nitrogen and oxygen atoms in total. The smallest absolute Gasteiger partial charge is 0.319 e. The van der Waals surface area contributed by atoms with E-state index < -0.39 is 6.10 Å². The first kappa shape index (κ1) is 13.6. The van der Waals surface area contributed by atoms with Crippen molar-refractivity contribution in [2.45, 2.75) is 25.5 Å². The van der Waals surface area contributed by atoms with Gasteiger partial charge in [-0.15, -0.1) is 0 Å². The van der Waals surface area contributed by atoms with Crippen molar-refractivity contribution in [2.75, 3.05) is 5.32 Å². The average molecular weight is 282 g/mol. The van der Waals surface area contributed by atoms with E-state index in [1.54, 1.807) is 0 Å². The zero-order valence-corrected chi connectivity index (χ0v) is 11.8. The van der Waals surface area contributed by atoms with Crippen molar-refractivity contribution in [1.29, 1.82) is 0 Å². The third kappa shape index (κ3) is 2.76. The van der Waals surface area contributed by atoms with E-state index >= 15 is 0 Å². The fourth-order valence-corrected chi connectivity index (χ4v) is 2.76. The van der Waals surface area contributed by atoms with Crippen molar-refractivity contribution in [2.24, 2.45) is 0 Å². The molecular formula is C17H18N2O2. The third-order valence-corrected chi connectivity index (χ3v) is 3.88. The number of carbonyl (C=O) groups excluding carboxylic acids is 1. The third-order valence-electron chi connectivity index (χ3n) is 3.88. The molecule has 0 heterocycles. The van der Waals surface area contributed by atoms with Gasteiger partial charge < -0.3 is 15.7 Å². The first-order valence-electron chi connectivity index (χ1n) is 7.04. The number of para-hydroxylation sites is 1. The van der Waals surface area contributed by atoms with Crippen LogP contribution in [0.15, 0.2) is 48.5 Å². The van der Waals surface area contributed by atoms with Crippen LogP contribution in [0.3, 0.4) is 0 Å². The SMILES string of the molecule is Cc1ccccc1NC(=O)N[C@H]1c2ccccc2C[C@H]1O. The molecular weight excluding hydrogens is 264 g/mol. The summed E-state index contributed by atoms with van der Waals surface area (Å²) >= 11 is 0. The highest BCUT2D eigenvalue weighted by atomic mass is 16.3. The van der Waals surface area contributed by atoms with Crippen molar-refractivity contribution in [3.8, 4) is 0 Å². The number of aliphatic hydroxyl groups is 1. The van der Waals surface area contributed by atoms with Gasteiger partial charge in [-0.05, 0) is 29.7 Å². The first-order valence-corrected chi connectivity index (χ1v) is 7.04. The minimum Gasteiger partial charge on any atom is -0.390 e. The second kappa shape index (κ2) is 5.58. The fraction of sp³-hybridized carbons (Fsp3) is 0.235. The van der Waals surface area contributed by atoms with Crippen LogP contribution in [0, 0.1) is 6.92 Å². The maximum atomic E-state index is 12.1. The lowest BCUT2D eigenvalue weighted by atomic mass is 10.1. The largest absolute Gasteiger partial charge is 0.390 e. The van der Waals surface area contributed by atoms with Crippen LogP contribution in [0.1, 0.15) is 22.7 Å². The van der Waals surface area contributed by atoms with Gasteiger partial charge in [0.2, 0.25) is 0 Å². The van der Waals surface area contributed by atoms with Crippen LogP contribution in [-0.4, -0.2) is 17.2 Å². The first-order chi connectivity index (χ1) is 10.1. The van der Waals surface area contributed by atoms with Gasteiger partial charge in [0.25, 0.3) is 0 Å². The van der Waals surface area contributed by atoms with Gasteiger partial charge in [-0.2, -0.15) is 0 Å². The van der Waals surface area contributed by atoms with Gasteiger partial charge >= 0.3 is 6.03 Å². The highest BCUT2D eigenvalue weighted by Gasteiger charge is 2.31. The number of hydrogen-bond acceptors (Lipinski definition) is 2. The van der Waals surface area contributed by atoms with E-state index in [2.05, 4.69) is 10.6 Å². The quantitative estimate of drug-likeness (QED) is 0.793. The van der Waals surface area contributed by atoms with Gasteiger partial charge in [0.05, 0.1) is 12.1 Å². The summed E-state index contributed by atoms with van der Waals surface area (Å²) in [6.07, 6.45) is -0.00380. The van der Waals surface area contributed by atoms with Crippen LogP contribution in [-0.2, 0) is 6.42 Å². The number of aliphatic hydroxyl groups excluding tert-OH is 1. The van der Waals surface area contributed by atoms with E-state index in [0.29, 0.717) is 6.42 Å². The van der Waals surface area contributed by atoms with Crippen molar-refractivity contribution >= 4 is 11.7 Å². The molecule has 2 aromatic rings. The van der Waals surface area contributed by atoms with Gasteiger partial charge in [-0.3, -0.25) is 0 Å². The second-order valence-electron chi connectivity index (χ2n) is 5.36. The number of rotatable bonds is 2. The number of amides is 2. The number of fused-ring (bicyclic) bond motifs is 1. The maximum Gasteiger partial charge on any atom is 0.319 e. The Bertz CT molecular complexity index is 669. The number of nitrogens with one attached hydrogen (secondary N) is 2. The highest BCUT2D eigenvalue weighted by molar-refractivity contribution is 5.90. The van der Waals surface area contributed by atoms with Gasteiger partial charge in [-0.1, -0.05) is 42.5 Å². The van der Waals surface area contributed by atoms with Crippen LogP contribution in [0.25, 0.3) is 0 Å². The van der Waals surface area contributed by atoms with Gasteiger partial charge in [0.1, 0.15) is 0 Å². The Morgan fingerprint density at radius 3 is 2.67 bits per heavy atom. The Morgan fingerprint density at radius 1 is 1.14 bits per heavy atom. The summed E-state index contributed by atoms with van der Waals surface area (Å²) in [5.41, 5.74) is 3.85. The zero-order valence-electron chi connectivity index (χ0n) is 11.8. The Kier molecular flexibility index (Phi) is 3.62. The molecule has 0 spiro atoms. The Hall–Kier alpha value is -2.33. The molecule has 3 rings (SSSR count). The normalized spacial score (nSPS) is 19.9. The Labute approximate surface area is 123 Å². The summed E-state index contributed by atoms with van der Waals surface area (Å²) in [7, 11) is 0. The lowest BCUT2D eigenvalue weighted by Crippen LogP contribution is -2.36. The minimum atomic E-state index is -0.579. The van der Waals surface area contributed by atoms with E-state index in [0.717, 1.165) is 22.4 Å². The molecule has 2 amide bonds. The summed E-state index contributed by atoms with van der Waals surface area (Å²) < 4.78 is 0. The molecule has 0 saturated carbocycles. The van der Waals surface area contributed by atoms with Crippen LogP contribution in [0.5, 0.6) is 0 Å². The number of aryl methyl sites for hydroxylation is 1. The van der Waals surface area contributed by atoms with Gasteiger partial charge in [-0.25, -0.2) is 4.79 Å². The molecule has 0 saturated heterocycles. The lowest BCUT2D eigenvalue weighted by molar-refractivity contribution is 0.144. The van der Waals surface area contributed by atoms with E-state index in [9.17, 15) is 9.90 Å². The molecule has 4 heteroatoms. The number of carbonyl (C=O) groups is 1. The molecule has 0 aliphatic heterocycles. The molecule has 0 aromatic heterocycles. The molecule has 21 heavy (non-hydrogen) atoms. The molecule has 0 radical (unpaired) electrons. The van der Waals surface area contributed by atoms with Crippen molar-refractivity contribution in [1.82, 2.24) is 5.32 Å². The summed E-state index contributed by atoms with van der Waals surface area (Å²) in [4.78, 5) is 12.1. The standard InChI is InChI=1S/C17H18N2O2/c1-11-6-2-5-9-14(11)18-17(21)19-16-13-8-4-3-7-12(13)10-15(16)20/h2-9,15-16,20H,10H2,1H3,(H2,18,19,21)/t15-,16+/m1/s1. The molecule has 0 fully saturated rings. The average Bonchev–Trinajstić information content (AvgIpc) is 2.78. The minimum absolute atomic E-state index is 0.301. The topological polar surface area (TPSA) is 61.4 Å².